The lowest BCUT2D eigenvalue weighted by atomic mass is 9.98. The van der Waals surface area contributed by atoms with Crippen molar-refractivity contribution in [3.05, 3.63) is 17.3 Å². The van der Waals surface area contributed by atoms with E-state index in [1.54, 1.807) is 13.8 Å². The molecule has 0 unspecified atom stereocenters. The van der Waals surface area contributed by atoms with Crippen LogP contribution in [0.25, 0.3) is 0 Å². The third-order valence-corrected chi connectivity index (χ3v) is 3.87. The number of hydrogen-bond acceptors (Lipinski definition) is 4. The van der Waals surface area contributed by atoms with E-state index in [2.05, 4.69) is 34.0 Å². The van der Waals surface area contributed by atoms with Crippen LogP contribution in [0.3, 0.4) is 0 Å². The van der Waals surface area contributed by atoms with Gasteiger partial charge in [0.2, 0.25) is 5.76 Å². The van der Waals surface area contributed by atoms with Gasteiger partial charge in [0, 0.05) is 26.4 Å². The van der Waals surface area contributed by atoms with Gasteiger partial charge in [-0.2, -0.15) is 0 Å². The van der Waals surface area contributed by atoms with Crippen LogP contribution >= 0.6 is 0 Å². The minimum absolute atomic E-state index is 0.166. The molecule has 2 heterocycles. The number of nitrogens with one attached hydrogen (secondary N) is 1. The summed E-state index contributed by atoms with van der Waals surface area (Å²) in [5.41, 5.74) is 0.648. The van der Waals surface area contributed by atoms with E-state index in [0.29, 0.717) is 29.8 Å². The second kappa shape index (κ2) is 8.00. The van der Waals surface area contributed by atoms with Gasteiger partial charge in [0.05, 0.1) is 12.2 Å². The summed E-state index contributed by atoms with van der Waals surface area (Å²) >= 11 is 0. The van der Waals surface area contributed by atoms with Crippen molar-refractivity contribution in [3.63, 3.8) is 0 Å². The van der Waals surface area contributed by atoms with Crippen molar-refractivity contribution in [3.8, 4) is 11.8 Å². The molecule has 1 fully saturated rings. The largest absolute Gasteiger partial charge is 0.436 e. The summed E-state index contributed by atoms with van der Waals surface area (Å²) in [5.74, 6) is 7.47. The molecular formula is C17H25N3O2. The van der Waals surface area contributed by atoms with E-state index in [9.17, 15) is 4.79 Å². The van der Waals surface area contributed by atoms with E-state index in [-0.39, 0.29) is 5.91 Å². The fourth-order valence-electron chi connectivity index (χ4n) is 2.81. The van der Waals surface area contributed by atoms with Crippen LogP contribution < -0.4 is 5.32 Å². The maximum Gasteiger partial charge on any atom is 0.289 e. The number of likely N-dealkylation sites (tertiary alicyclic amines) is 1. The Labute approximate surface area is 132 Å². The number of nitrogens with zero attached hydrogens (tertiary/aromatic N) is 2. The lowest BCUT2D eigenvalue weighted by Crippen LogP contribution is -2.41. The average Bonchev–Trinajstić information content (AvgIpc) is 2.84. The molecule has 5 nitrogen and oxygen atoms in total. The molecule has 0 aromatic carbocycles. The molecule has 5 heteroatoms. The second-order valence-corrected chi connectivity index (χ2v) is 5.81. The van der Waals surface area contributed by atoms with Gasteiger partial charge in [-0.15, -0.1) is 5.92 Å². The predicted molar refractivity (Wildman–Crippen MR) is 85.5 cm³/mol. The summed E-state index contributed by atoms with van der Waals surface area (Å²) in [5, 5.41) is 2.98. The van der Waals surface area contributed by atoms with Gasteiger partial charge in [-0.1, -0.05) is 12.8 Å². The highest BCUT2D eigenvalue weighted by Crippen LogP contribution is 2.16. The van der Waals surface area contributed by atoms with Crippen LogP contribution in [0.15, 0.2) is 4.42 Å². The maximum atomic E-state index is 12.1. The van der Waals surface area contributed by atoms with Gasteiger partial charge in [0.1, 0.15) is 0 Å². The number of piperidine rings is 1. The zero-order chi connectivity index (χ0) is 15.9. The van der Waals surface area contributed by atoms with E-state index in [1.807, 2.05) is 0 Å². The van der Waals surface area contributed by atoms with Gasteiger partial charge in [0.15, 0.2) is 5.89 Å². The van der Waals surface area contributed by atoms with Crippen molar-refractivity contribution in [2.24, 2.45) is 5.92 Å². The summed E-state index contributed by atoms with van der Waals surface area (Å²) in [6, 6.07) is 0. The first kappa shape index (κ1) is 16.6. The molecule has 1 aliphatic rings. The molecule has 1 amide bonds. The summed E-state index contributed by atoms with van der Waals surface area (Å²) in [6.07, 6.45) is 3.21. The number of hydrogen-bond donors (Lipinski definition) is 1. The van der Waals surface area contributed by atoms with Crippen molar-refractivity contribution in [2.45, 2.75) is 40.0 Å². The van der Waals surface area contributed by atoms with Gasteiger partial charge >= 0.3 is 0 Å². The lowest BCUT2D eigenvalue weighted by Gasteiger charge is -2.31. The lowest BCUT2D eigenvalue weighted by molar-refractivity contribution is 0.0905. The number of aromatic nitrogens is 1. The predicted octanol–water partition coefficient (Wildman–Crippen LogP) is 2.15. The number of aryl methyl sites for hydroxylation is 2. The van der Waals surface area contributed by atoms with E-state index in [4.69, 9.17) is 4.42 Å². The topological polar surface area (TPSA) is 58.4 Å². The van der Waals surface area contributed by atoms with E-state index >= 15 is 0 Å². The molecule has 1 aliphatic heterocycles. The number of carbonyl (C=O) groups excluding carboxylic acids is 1. The molecule has 0 spiro atoms. The van der Waals surface area contributed by atoms with Crippen molar-refractivity contribution >= 4 is 5.91 Å². The summed E-state index contributed by atoms with van der Waals surface area (Å²) < 4.78 is 5.35. The number of rotatable bonds is 4. The molecule has 0 bridgehead atoms. The first-order valence-electron chi connectivity index (χ1n) is 8.00. The molecule has 1 aromatic heterocycles. The van der Waals surface area contributed by atoms with Gasteiger partial charge < -0.3 is 9.73 Å². The zero-order valence-electron chi connectivity index (χ0n) is 13.7. The Bertz CT molecular complexity index is 568. The summed E-state index contributed by atoms with van der Waals surface area (Å²) in [4.78, 5) is 18.6. The molecule has 0 saturated carbocycles. The van der Waals surface area contributed by atoms with E-state index in [0.717, 1.165) is 38.9 Å². The SMILES string of the molecule is CCC#CCN1CCC[C@H](CNC(=O)c2oc(C)nc2C)C1. The third kappa shape index (κ3) is 4.60. The van der Waals surface area contributed by atoms with Crippen LogP contribution in [-0.4, -0.2) is 42.0 Å². The van der Waals surface area contributed by atoms with Crippen molar-refractivity contribution in [1.29, 1.82) is 0 Å². The van der Waals surface area contributed by atoms with Gasteiger partial charge in [0.25, 0.3) is 5.91 Å². The van der Waals surface area contributed by atoms with Crippen LogP contribution in [0.4, 0.5) is 0 Å². The fourth-order valence-corrected chi connectivity index (χ4v) is 2.81. The first-order chi connectivity index (χ1) is 10.6. The minimum Gasteiger partial charge on any atom is -0.436 e. The Hall–Kier alpha value is -1.80. The van der Waals surface area contributed by atoms with Crippen LogP contribution in [0, 0.1) is 31.6 Å². The van der Waals surface area contributed by atoms with Crippen LogP contribution in [0.1, 0.15) is 48.3 Å². The number of oxazole rings is 1. The molecule has 1 atom stereocenters. The minimum atomic E-state index is -0.166. The Balaban J connectivity index is 1.81. The highest BCUT2D eigenvalue weighted by molar-refractivity contribution is 5.92. The van der Waals surface area contributed by atoms with Crippen molar-refractivity contribution in [2.75, 3.05) is 26.2 Å². The monoisotopic (exact) mass is 303 g/mol. The summed E-state index contributed by atoms with van der Waals surface area (Å²) in [6.45, 7) is 9.21. The van der Waals surface area contributed by atoms with E-state index in [1.165, 1.54) is 0 Å². The van der Waals surface area contributed by atoms with Crippen LogP contribution in [0.5, 0.6) is 0 Å². The highest BCUT2D eigenvalue weighted by Gasteiger charge is 2.21. The molecule has 1 N–H and O–H groups in total. The fraction of sp³-hybridized carbons (Fsp3) is 0.647. The Kier molecular flexibility index (Phi) is 6.02. The van der Waals surface area contributed by atoms with Crippen LogP contribution in [0.2, 0.25) is 0 Å². The molecule has 2 rings (SSSR count). The molecule has 1 aromatic rings. The maximum absolute atomic E-state index is 12.1. The molecule has 0 radical (unpaired) electrons. The Morgan fingerprint density at radius 1 is 1.45 bits per heavy atom. The molecule has 0 aliphatic carbocycles. The Morgan fingerprint density at radius 3 is 2.95 bits per heavy atom. The smallest absolute Gasteiger partial charge is 0.289 e. The Morgan fingerprint density at radius 2 is 2.27 bits per heavy atom. The quantitative estimate of drug-likeness (QED) is 0.866. The average molecular weight is 303 g/mol. The van der Waals surface area contributed by atoms with Crippen LogP contribution in [-0.2, 0) is 0 Å². The van der Waals surface area contributed by atoms with Gasteiger partial charge in [-0.05, 0) is 32.2 Å². The van der Waals surface area contributed by atoms with Gasteiger partial charge in [-0.3, -0.25) is 9.69 Å². The number of carbonyl (C=O) groups is 1. The normalized spacial score (nSPS) is 18.6. The molecular weight excluding hydrogens is 278 g/mol. The second-order valence-electron chi connectivity index (χ2n) is 5.81. The summed E-state index contributed by atoms with van der Waals surface area (Å²) in [7, 11) is 0. The molecule has 1 saturated heterocycles. The van der Waals surface area contributed by atoms with Gasteiger partial charge in [-0.25, -0.2) is 4.98 Å². The third-order valence-electron chi connectivity index (χ3n) is 3.87. The number of amides is 1. The van der Waals surface area contributed by atoms with Crippen molar-refractivity contribution < 1.29 is 9.21 Å². The first-order valence-corrected chi connectivity index (χ1v) is 8.00. The molecule has 22 heavy (non-hydrogen) atoms. The van der Waals surface area contributed by atoms with E-state index < -0.39 is 0 Å². The highest BCUT2D eigenvalue weighted by atomic mass is 16.4. The standard InChI is InChI=1S/C17H25N3O2/c1-4-5-6-9-20-10-7-8-15(12-20)11-18-17(21)16-13(2)19-14(3)22-16/h15H,4,7-12H2,1-3H3,(H,18,21)/t15-/m1/s1. The van der Waals surface area contributed by atoms with Crippen molar-refractivity contribution in [1.82, 2.24) is 15.2 Å². The molecule has 120 valence electrons. The zero-order valence-corrected chi connectivity index (χ0v) is 13.7.